The van der Waals surface area contributed by atoms with E-state index >= 15 is 0 Å². The molecule has 0 aliphatic heterocycles. The normalized spacial score (nSPS) is 11.1. The number of carboxylic acid groups (broad SMARTS) is 4. The number of carbonyl (C=O) groups is 5. The van der Waals surface area contributed by atoms with E-state index in [9.17, 15) is 24.0 Å². The number of hydrogen-bond donors (Lipinski definition) is 6. The van der Waals surface area contributed by atoms with Crippen LogP contribution in [0.4, 0.5) is 0 Å². The summed E-state index contributed by atoms with van der Waals surface area (Å²) in [5.41, 5.74) is 0. The summed E-state index contributed by atoms with van der Waals surface area (Å²) in [6.07, 6.45) is 0. The molecule has 0 aliphatic carbocycles. The summed E-state index contributed by atoms with van der Waals surface area (Å²) in [5, 5.41) is 38.4. The van der Waals surface area contributed by atoms with Crippen LogP contribution in [0.5, 0.6) is 0 Å². The third-order valence-electron chi connectivity index (χ3n) is 3.70. The van der Waals surface area contributed by atoms with E-state index in [0.29, 0.717) is 12.3 Å². The highest BCUT2D eigenvalue weighted by atomic mass is 32.1. The van der Waals surface area contributed by atoms with Gasteiger partial charge in [0, 0.05) is 38.5 Å². The molecule has 5 N–H and O–H groups in total. The van der Waals surface area contributed by atoms with Gasteiger partial charge in [-0.05, 0) is 0 Å². The third kappa shape index (κ3) is 15.5. The van der Waals surface area contributed by atoms with Crippen molar-refractivity contribution in [2.24, 2.45) is 0 Å². The molecule has 0 unspecified atom stereocenters. The fourth-order valence-corrected chi connectivity index (χ4v) is 2.59. The second-order valence-electron chi connectivity index (χ2n) is 6.35. The van der Waals surface area contributed by atoms with Crippen molar-refractivity contribution in [3.05, 3.63) is 0 Å². The Morgan fingerprint density at radius 2 is 0.933 bits per heavy atom. The van der Waals surface area contributed by atoms with Gasteiger partial charge < -0.3 is 25.7 Å². The lowest BCUT2D eigenvalue weighted by Gasteiger charge is -2.27. The second kappa shape index (κ2) is 15.4. The zero-order valence-electron chi connectivity index (χ0n) is 16.4. The fraction of sp³-hybridized carbons (Fsp3) is 0.688. The van der Waals surface area contributed by atoms with E-state index in [1.54, 1.807) is 0 Å². The molecule has 0 heterocycles. The molecule has 172 valence electrons. The Morgan fingerprint density at radius 1 is 0.600 bits per heavy atom. The van der Waals surface area contributed by atoms with Gasteiger partial charge in [0.2, 0.25) is 5.91 Å². The largest absolute Gasteiger partial charge is 0.480 e. The Morgan fingerprint density at radius 3 is 1.30 bits per heavy atom. The van der Waals surface area contributed by atoms with Crippen molar-refractivity contribution in [3.8, 4) is 0 Å². The summed E-state index contributed by atoms with van der Waals surface area (Å²) in [4.78, 5) is 59.6. The molecule has 0 radical (unpaired) electrons. The summed E-state index contributed by atoms with van der Waals surface area (Å²) in [5.74, 6) is -4.74. The summed E-state index contributed by atoms with van der Waals surface area (Å²) < 4.78 is 0. The van der Waals surface area contributed by atoms with Crippen LogP contribution in [0.25, 0.3) is 0 Å². The molecule has 0 fully saturated rings. The van der Waals surface area contributed by atoms with Crippen LogP contribution in [0.15, 0.2) is 0 Å². The van der Waals surface area contributed by atoms with E-state index in [2.05, 4.69) is 17.9 Å². The molecule has 30 heavy (non-hydrogen) atoms. The average Bonchev–Trinajstić information content (AvgIpc) is 2.59. The van der Waals surface area contributed by atoms with Gasteiger partial charge in [0.15, 0.2) is 0 Å². The van der Waals surface area contributed by atoms with Gasteiger partial charge in [0.25, 0.3) is 0 Å². The molecule has 0 aliphatic rings. The molecular formula is C16H28N4O9S. The molecule has 0 saturated heterocycles. The highest BCUT2D eigenvalue weighted by molar-refractivity contribution is 7.80. The Kier molecular flexibility index (Phi) is 14.2. The minimum absolute atomic E-state index is 0.0206. The van der Waals surface area contributed by atoms with Gasteiger partial charge in [0.05, 0.1) is 32.7 Å². The highest BCUT2D eigenvalue weighted by Gasteiger charge is 2.19. The van der Waals surface area contributed by atoms with Crippen LogP contribution in [0.3, 0.4) is 0 Å². The smallest absolute Gasteiger partial charge is 0.317 e. The topological polar surface area (TPSA) is 188 Å². The van der Waals surface area contributed by atoms with Gasteiger partial charge in [-0.15, -0.1) is 0 Å². The number of rotatable bonds is 18. The molecule has 0 atom stereocenters. The standard InChI is InChI=1S/C16H28N4O9S/c21-12(17-1-6-30)7-19(9-14(24)25)4-2-18(8-13(22)23)3-5-20(10-15(26)27)11-16(28)29/h30H,1-11H2,(H,17,21)(H,22,23)(H,24,25)(H,26,27)(H,28,29). The minimum atomic E-state index is -1.22. The molecule has 13 nitrogen and oxygen atoms in total. The van der Waals surface area contributed by atoms with E-state index in [-0.39, 0.29) is 32.7 Å². The highest BCUT2D eigenvalue weighted by Crippen LogP contribution is 1.97. The third-order valence-corrected chi connectivity index (χ3v) is 3.93. The SMILES string of the molecule is O=C(O)CN(CCN(CC(=O)O)CC(=O)O)CCN(CC(=O)O)CC(=O)NCCS. The lowest BCUT2D eigenvalue weighted by atomic mass is 10.3. The van der Waals surface area contributed by atoms with Crippen LogP contribution in [-0.4, -0.2) is 136 Å². The van der Waals surface area contributed by atoms with Crippen LogP contribution in [0.1, 0.15) is 0 Å². The molecule has 0 aromatic carbocycles. The van der Waals surface area contributed by atoms with Crippen molar-refractivity contribution in [3.63, 3.8) is 0 Å². The number of aliphatic carboxylic acids is 4. The monoisotopic (exact) mass is 452 g/mol. The van der Waals surface area contributed by atoms with E-state index in [4.69, 9.17) is 20.4 Å². The van der Waals surface area contributed by atoms with Crippen molar-refractivity contribution < 1.29 is 44.4 Å². The van der Waals surface area contributed by atoms with E-state index in [0.717, 1.165) is 4.90 Å². The zero-order valence-corrected chi connectivity index (χ0v) is 17.3. The maximum Gasteiger partial charge on any atom is 0.317 e. The van der Waals surface area contributed by atoms with E-state index in [1.165, 1.54) is 9.80 Å². The molecule has 0 spiro atoms. The molecule has 0 rings (SSSR count). The first kappa shape index (κ1) is 27.6. The lowest BCUT2D eigenvalue weighted by Crippen LogP contribution is -2.46. The first-order valence-corrected chi connectivity index (χ1v) is 9.58. The molecule has 14 heteroatoms. The molecule has 0 bridgehead atoms. The number of thiol groups is 1. The van der Waals surface area contributed by atoms with Crippen LogP contribution in [0.2, 0.25) is 0 Å². The van der Waals surface area contributed by atoms with E-state index < -0.39 is 56.0 Å². The lowest BCUT2D eigenvalue weighted by molar-refractivity contribution is -0.143. The second-order valence-corrected chi connectivity index (χ2v) is 6.79. The number of amides is 1. The predicted molar refractivity (Wildman–Crippen MR) is 107 cm³/mol. The average molecular weight is 452 g/mol. The van der Waals surface area contributed by atoms with Crippen molar-refractivity contribution in [2.45, 2.75) is 0 Å². The Labute approximate surface area is 178 Å². The minimum Gasteiger partial charge on any atom is -0.480 e. The molecule has 0 aromatic rings. The first-order valence-electron chi connectivity index (χ1n) is 8.95. The van der Waals surface area contributed by atoms with Crippen molar-refractivity contribution in [1.82, 2.24) is 20.0 Å². The number of nitrogens with one attached hydrogen (secondary N) is 1. The molecule has 0 aromatic heterocycles. The summed E-state index contributed by atoms with van der Waals surface area (Å²) in [7, 11) is 0. The van der Waals surface area contributed by atoms with Crippen LogP contribution in [-0.2, 0) is 24.0 Å². The van der Waals surface area contributed by atoms with Gasteiger partial charge >= 0.3 is 23.9 Å². The Hall–Kier alpha value is -2.42. The fourth-order valence-electron chi connectivity index (χ4n) is 2.48. The maximum absolute atomic E-state index is 11.8. The summed E-state index contributed by atoms with van der Waals surface area (Å²) in [6, 6.07) is 0. The number of carboxylic acids is 4. The molecular weight excluding hydrogens is 424 g/mol. The predicted octanol–water partition coefficient (Wildman–Crippen LogP) is -2.72. The van der Waals surface area contributed by atoms with Gasteiger partial charge in [0.1, 0.15) is 0 Å². The van der Waals surface area contributed by atoms with Crippen LogP contribution >= 0.6 is 12.6 Å². The number of nitrogens with zero attached hydrogens (tertiary/aromatic N) is 3. The van der Waals surface area contributed by atoms with Gasteiger partial charge in [-0.2, -0.15) is 12.6 Å². The first-order chi connectivity index (χ1) is 14.0. The van der Waals surface area contributed by atoms with Crippen molar-refractivity contribution in [2.75, 3.05) is 71.2 Å². The van der Waals surface area contributed by atoms with Crippen LogP contribution < -0.4 is 5.32 Å². The Balaban J connectivity index is 4.93. The quantitative estimate of drug-likeness (QED) is 0.118. The van der Waals surface area contributed by atoms with Crippen molar-refractivity contribution in [1.29, 1.82) is 0 Å². The maximum atomic E-state index is 11.8. The molecule has 0 saturated carbocycles. The Bertz CT molecular complexity index is 589. The summed E-state index contributed by atoms with van der Waals surface area (Å²) >= 11 is 3.96. The van der Waals surface area contributed by atoms with Crippen molar-refractivity contribution >= 4 is 42.4 Å². The van der Waals surface area contributed by atoms with Gasteiger partial charge in [-0.1, -0.05) is 0 Å². The number of hydrogen-bond acceptors (Lipinski definition) is 9. The zero-order chi connectivity index (χ0) is 23.1. The summed E-state index contributed by atoms with van der Waals surface area (Å²) in [6.45, 7) is -1.62. The van der Waals surface area contributed by atoms with Gasteiger partial charge in [-0.25, -0.2) is 0 Å². The number of carbonyl (C=O) groups excluding carboxylic acids is 1. The molecule has 1 amide bonds. The van der Waals surface area contributed by atoms with E-state index in [1.807, 2.05) is 0 Å². The van der Waals surface area contributed by atoms with Crippen LogP contribution in [0, 0.1) is 0 Å². The van der Waals surface area contributed by atoms with Gasteiger partial charge in [-0.3, -0.25) is 38.7 Å².